The molecule has 0 aliphatic heterocycles. The van der Waals surface area contributed by atoms with Crippen molar-refractivity contribution in [3.63, 3.8) is 0 Å². The number of hydroxylamine groups is 1. The first-order valence-electron chi connectivity index (χ1n) is 5.09. The first kappa shape index (κ1) is 12.0. The molecule has 0 amide bonds. The summed E-state index contributed by atoms with van der Waals surface area (Å²) in [5.41, 5.74) is 3.95. The summed E-state index contributed by atoms with van der Waals surface area (Å²) in [5.74, 6) is 0.302. The van der Waals surface area contributed by atoms with Gasteiger partial charge in [-0.25, -0.2) is 0 Å². The lowest BCUT2D eigenvalue weighted by Crippen LogP contribution is -2.16. The molecular formula is C12H19NO2. The van der Waals surface area contributed by atoms with Gasteiger partial charge in [0.1, 0.15) is 5.75 Å². The molecule has 0 saturated heterocycles. The van der Waals surface area contributed by atoms with Crippen LogP contribution in [0.1, 0.15) is 44.9 Å². The minimum atomic E-state index is -0.133. The van der Waals surface area contributed by atoms with Crippen LogP contribution < -0.4 is 5.48 Å². The number of nitrogens with one attached hydrogen (secondary N) is 1. The van der Waals surface area contributed by atoms with Crippen LogP contribution in [0.15, 0.2) is 18.2 Å². The third-order valence-electron chi connectivity index (χ3n) is 2.52. The molecule has 15 heavy (non-hydrogen) atoms. The number of rotatable bonds is 2. The summed E-state index contributed by atoms with van der Waals surface area (Å²) in [6, 6.07) is 5.26. The summed E-state index contributed by atoms with van der Waals surface area (Å²) in [6.07, 6.45) is 0. The lowest BCUT2D eigenvalue weighted by atomic mass is 9.85. The van der Waals surface area contributed by atoms with Crippen molar-refractivity contribution in [3.05, 3.63) is 29.3 Å². The largest absolute Gasteiger partial charge is 0.508 e. The Hall–Kier alpha value is -1.06. The van der Waals surface area contributed by atoms with E-state index in [2.05, 4.69) is 5.48 Å². The molecule has 0 heterocycles. The van der Waals surface area contributed by atoms with Crippen LogP contribution in [0.2, 0.25) is 0 Å². The first-order valence-corrected chi connectivity index (χ1v) is 5.09. The van der Waals surface area contributed by atoms with Crippen molar-refractivity contribution in [1.29, 1.82) is 0 Å². The van der Waals surface area contributed by atoms with Crippen LogP contribution in [0.25, 0.3) is 0 Å². The summed E-state index contributed by atoms with van der Waals surface area (Å²) in [4.78, 5) is 0. The third kappa shape index (κ3) is 2.70. The van der Waals surface area contributed by atoms with Gasteiger partial charge in [0.2, 0.25) is 0 Å². The van der Waals surface area contributed by atoms with Gasteiger partial charge in [0.15, 0.2) is 0 Å². The zero-order valence-corrected chi connectivity index (χ0v) is 9.70. The average molecular weight is 209 g/mol. The van der Waals surface area contributed by atoms with E-state index in [1.165, 1.54) is 0 Å². The van der Waals surface area contributed by atoms with Crippen molar-refractivity contribution in [2.75, 3.05) is 0 Å². The number of phenols is 1. The highest BCUT2D eigenvalue weighted by molar-refractivity contribution is 5.41. The second kappa shape index (κ2) is 4.21. The lowest BCUT2D eigenvalue weighted by Gasteiger charge is -2.22. The molecule has 0 spiro atoms. The van der Waals surface area contributed by atoms with Crippen LogP contribution in [0.5, 0.6) is 5.75 Å². The Morgan fingerprint density at radius 3 is 2.33 bits per heavy atom. The molecule has 3 heteroatoms. The molecule has 0 aliphatic carbocycles. The van der Waals surface area contributed by atoms with Gasteiger partial charge in [0, 0.05) is 0 Å². The van der Waals surface area contributed by atoms with Crippen LogP contribution in [-0.4, -0.2) is 10.3 Å². The Bertz CT molecular complexity index is 342. The zero-order valence-electron chi connectivity index (χ0n) is 9.70. The molecule has 0 aliphatic rings. The molecule has 0 aromatic heterocycles. The van der Waals surface area contributed by atoms with E-state index < -0.39 is 0 Å². The Morgan fingerprint density at radius 2 is 1.87 bits per heavy atom. The van der Waals surface area contributed by atoms with Crippen molar-refractivity contribution in [2.24, 2.45) is 0 Å². The fourth-order valence-corrected chi connectivity index (χ4v) is 1.50. The number of hydrogen-bond donors (Lipinski definition) is 3. The molecule has 0 saturated carbocycles. The monoisotopic (exact) mass is 209 g/mol. The van der Waals surface area contributed by atoms with Gasteiger partial charge >= 0.3 is 0 Å². The predicted molar refractivity (Wildman–Crippen MR) is 60.1 cm³/mol. The first-order chi connectivity index (χ1) is 6.86. The Kier molecular flexibility index (Phi) is 3.37. The fourth-order valence-electron chi connectivity index (χ4n) is 1.50. The van der Waals surface area contributed by atoms with E-state index in [1.54, 1.807) is 12.1 Å². The molecule has 1 rings (SSSR count). The minimum Gasteiger partial charge on any atom is -0.508 e. The Morgan fingerprint density at radius 1 is 1.27 bits per heavy atom. The van der Waals surface area contributed by atoms with Gasteiger partial charge in [-0.05, 0) is 35.6 Å². The summed E-state index contributed by atoms with van der Waals surface area (Å²) in [5, 5.41) is 18.6. The van der Waals surface area contributed by atoms with Gasteiger partial charge in [-0.1, -0.05) is 26.8 Å². The smallest absolute Gasteiger partial charge is 0.119 e. The van der Waals surface area contributed by atoms with Gasteiger partial charge in [-0.3, -0.25) is 0 Å². The van der Waals surface area contributed by atoms with E-state index in [-0.39, 0.29) is 11.5 Å². The molecule has 1 aromatic rings. The van der Waals surface area contributed by atoms with Crippen LogP contribution >= 0.6 is 0 Å². The van der Waals surface area contributed by atoms with Gasteiger partial charge in [-0.15, -0.1) is 0 Å². The zero-order chi connectivity index (χ0) is 11.6. The summed E-state index contributed by atoms with van der Waals surface area (Å²) in [6.45, 7) is 7.99. The van der Waals surface area contributed by atoms with Crippen molar-refractivity contribution in [1.82, 2.24) is 5.48 Å². The number of aromatic hydroxyl groups is 1. The molecule has 1 aromatic carbocycles. The van der Waals surface area contributed by atoms with Gasteiger partial charge < -0.3 is 10.3 Å². The fraction of sp³-hybridized carbons (Fsp3) is 0.500. The molecule has 0 radical (unpaired) electrons. The van der Waals surface area contributed by atoms with Crippen molar-refractivity contribution < 1.29 is 10.3 Å². The maximum absolute atomic E-state index is 9.74. The molecule has 1 unspecified atom stereocenters. The molecule has 3 nitrogen and oxygen atoms in total. The Labute approximate surface area is 90.7 Å². The average Bonchev–Trinajstić information content (AvgIpc) is 2.15. The Balaban J connectivity index is 3.17. The maximum Gasteiger partial charge on any atom is 0.119 e. The van der Waals surface area contributed by atoms with Crippen LogP contribution in [0.4, 0.5) is 0 Å². The normalized spacial score (nSPS) is 13.9. The van der Waals surface area contributed by atoms with E-state index in [0.717, 1.165) is 11.1 Å². The molecule has 3 N–H and O–H groups in total. The SMILES string of the molecule is CC(NO)c1ccc(O)c(C(C)(C)C)c1. The summed E-state index contributed by atoms with van der Waals surface area (Å²) in [7, 11) is 0. The second-order valence-electron chi connectivity index (χ2n) is 4.88. The van der Waals surface area contributed by atoms with Crippen molar-refractivity contribution in [2.45, 2.75) is 39.2 Å². The number of hydrogen-bond acceptors (Lipinski definition) is 3. The molecular weight excluding hydrogens is 190 g/mol. The van der Waals surface area contributed by atoms with Crippen molar-refractivity contribution >= 4 is 0 Å². The predicted octanol–water partition coefficient (Wildman–Crippen LogP) is 2.73. The summed E-state index contributed by atoms with van der Waals surface area (Å²) >= 11 is 0. The van der Waals surface area contributed by atoms with E-state index >= 15 is 0 Å². The molecule has 0 bridgehead atoms. The summed E-state index contributed by atoms with van der Waals surface area (Å²) < 4.78 is 0. The van der Waals surface area contributed by atoms with E-state index in [0.29, 0.717) is 5.75 Å². The lowest BCUT2D eigenvalue weighted by molar-refractivity contribution is 0.133. The van der Waals surface area contributed by atoms with Crippen LogP contribution in [-0.2, 0) is 5.41 Å². The standard InChI is InChI=1S/C12H19NO2/c1-8(13-15)9-5-6-11(14)10(7-9)12(2,3)4/h5-8,13-15H,1-4H3. The van der Waals surface area contributed by atoms with Gasteiger partial charge in [0.25, 0.3) is 0 Å². The minimum absolute atomic E-state index is 0.102. The van der Waals surface area contributed by atoms with E-state index in [9.17, 15) is 5.11 Å². The highest BCUT2D eigenvalue weighted by atomic mass is 16.5. The highest BCUT2D eigenvalue weighted by Gasteiger charge is 2.19. The van der Waals surface area contributed by atoms with E-state index in [4.69, 9.17) is 5.21 Å². The van der Waals surface area contributed by atoms with Crippen molar-refractivity contribution in [3.8, 4) is 5.75 Å². The molecule has 84 valence electrons. The van der Waals surface area contributed by atoms with Crippen LogP contribution in [0, 0.1) is 0 Å². The molecule has 0 fully saturated rings. The number of phenolic OH excluding ortho intramolecular Hbond substituents is 1. The topological polar surface area (TPSA) is 52.5 Å². The van der Waals surface area contributed by atoms with Gasteiger partial charge in [-0.2, -0.15) is 5.48 Å². The third-order valence-corrected chi connectivity index (χ3v) is 2.52. The quantitative estimate of drug-likeness (QED) is 0.656. The van der Waals surface area contributed by atoms with E-state index in [1.807, 2.05) is 33.8 Å². The highest BCUT2D eigenvalue weighted by Crippen LogP contribution is 2.32. The maximum atomic E-state index is 9.74. The second-order valence-corrected chi connectivity index (χ2v) is 4.88. The van der Waals surface area contributed by atoms with Crippen LogP contribution in [0.3, 0.4) is 0 Å². The molecule has 1 atom stereocenters. The number of benzene rings is 1. The van der Waals surface area contributed by atoms with Gasteiger partial charge in [0.05, 0.1) is 6.04 Å².